The first kappa shape index (κ1) is 10.6. The Bertz CT molecular complexity index is 323. The van der Waals surface area contributed by atoms with Crippen LogP contribution in [0.15, 0.2) is 0 Å². The summed E-state index contributed by atoms with van der Waals surface area (Å²) in [4.78, 5) is 10.7. The van der Waals surface area contributed by atoms with E-state index >= 15 is 0 Å². The lowest BCUT2D eigenvalue weighted by Gasteiger charge is -2.15. The van der Waals surface area contributed by atoms with Gasteiger partial charge in [0, 0.05) is 0 Å². The molecule has 1 aromatic rings. The predicted molar refractivity (Wildman–Crippen MR) is 49.7 cm³/mol. The smallest absolute Gasteiger partial charge is 0.358 e. The molecule has 2 atom stereocenters. The summed E-state index contributed by atoms with van der Waals surface area (Å²) in [6.45, 7) is 3.94. The SMILES string of the molecule is CCC(C)C(N)c1n[nH]nc1C(=O)O. The number of carboxylic acids is 1. The Morgan fingerprint density at radius 2 is 2.29 bits per heavy atom. The second kappa shape index (κ2) is 4.19. The van der Waals surface area contributed by atoms with E-state index in [2.05, 4.69) is 15.4 Å². The molecule has 0 aromatic carbocycles. The third kappa shape index (κ3) is 1.90. The molecule has 0 saturated heterocycles. The van der Waals surface area contributed by atoms with Crippen molar-refractivity contribution >= 4 is 5.97 Å². The van der Waals surface area contributed by atoms with Gasteiger partial charge in [0.05, 0.1) is 6.04 Å². The zero-order valence-electron chi connectivity index (χ0n) is 8.19. The first-order chi connectivity index (χ1) is 6.57. The molecule has 1 heterocycles. The van der Waals surface area contributed by atoms with E-state index in [1.807, 2.05) is 13.8 Å². The van der Waals surface area contributed by atoms with Crippen molar-refractivity contribution < 1.29 is 9.90 Å². The van der Waals surface area contributed by atoms with Crippen molar-refractivity contribution in [3.05, 3.63) is 11.4 Å². The molecule has 1 aromatic heterocycles. The van der Waals surface area contributed by atoms with E-state index in [9.17, 15) is 4.79 Å². The lowest BCUT2D eigenvalue weighted by molar-refractivity contribution is 0.0688. The Morgan fingerprint density at radius 1 is 1.64 bits per heavy atom. The van der Waals surface area contributed by atoms with E-state index in [1.54, 1.807) is 0 Å². The molecule has 0 aliphatic heterocycles. The second-order valence-corrected chi connectivity index (χ2v) is 3.27. The average Bonchev–Trinajstić information content (AvgIpc) is 2.63. The van der Waals surface area contributed by atoms with E-state index in [1.165, 1.54) is 0 Å². The van der Waals surface area contributed by atoms with Crippen LogP contribution in [0.2, 0.25) is 0 Å². The number of nitrogens with two attached hydrogens (primary N) is 1. The fourth-order valence-electron chi connectivity index (χ4n) is 1.15. The summed E-state index contributed by atoms with van der Waals surface area (Å²) in [5, 5.41) is 18.4. The molecule has 2 unspecified atom stereocenters. The minimum Gasteiger partial charge on any atom is -0.476 e. The summed E-state index contributed by atoms with van der Waals surface area (Å²) in [6.07, 6.45) is 0.868. The Balaban J connectivity index is 2.94. The van der Waals surface area contributed by atoms with Crippen LogP contribution in [0.25, 0.3) is 0 Å². The number of H-pyrrole nitrogens is 1. The van der Waals surface area contributed by atoms with Gasteiger partial charge in [0.25, 0.3) is 0 Å². The van der Waals surface area contributed by atoms with Crippen LogP contribution in [0, 0.1) is 5.92 Å². The van der Waals surface area contributed by atoms with Crippen molar-refractivity contribution in [2.75, 3.05) is 0 Å². The number of hydrogen-bond donors (Lipinski definition) is 3. The molecule has 78 valence electrons. The highest BCUT2D eigenvalue weighted by Crippen LogP contribution is 2.21. The summed E-state index contributed by atoms with van der Waals surface area (Å²) in [6, 6.07) is -0.384. The van der Waals surface area contributed by atoms with E-state index in [-0.39, 0.29) is 17.7 Å². The van der Waals surface area contributed by atoms with Gasteiger partial charge in [-0.3, -0.25) is 0 Å². The molecule has 0 radical (unpaired) electrons. The number of aromatic amines is 1. The number of rotatable bonds is 4. The summed E-state index contributed by atoms with van der Waals surface area (Å²) in [7, 11) is 0. The van der Waals surface area contributed by atoms with Gasteiger partial charge in [-0.1, -0.05) is 20.3 Å². The van der Waals surface area contributed by atoms with E-state index in [0.717, 1.165) is 6.42 Å². The molecule has 1 rings (SSSR count). The number of carboxylic acid groups (broad SMARTS) is 1. The summed E-state index contributed by atoms with van der Waals surface area (Å²) in [5.41, 5.74) is 6.09. The first-order valence-corrected chi connectivity index (χ1v) is 4.47. The lowest BCUT2D eigenvalue weighted by atomic mass is 9.96. The summed E-state index contributed by atoms with van der Waals surface area (Å²) >= 11 is 0. The molecule has 0 saturated carbocycles. The number of aromatic nitrogens is 3. The molecule has 0 aliphatic rings. The average molecular weight is 198 g/mol. The Labute approximate surface area is 81.5 Å². The number of nitrogens with zero attached hydrogens (tertiary/aromatic N) is 2. The van der Waals surface area contributed by atoms with Gasteiger partial charge in [-0.25, -0.2) is 4.79 Å². The fraction of sp³-hybridized carbons (Fsp3) is 0.625. The van der Waals surface area contributed by atoms with E-state index < -0.39 is 5.97 Å². The maximum atomic E-state index is 10.7. The van der Waals surface area contributed by atoms with Crippen molar-refractivity contribution in [2.24, 2.45) is 11.7 Å². The van der Waals surface area contributed by atoms with Crippen LogP contribution >= 0.6 is 0 Å². The predicted octanol–water partition coefficient (Wildman–Crippen LogP) is 0.549. The minimum absolute atomic E-state index is 0.0854. The Morgan fingerprint density at radius 3 is 2.79 bits per heavy atom. The van der Waals surface area contributed by atoms with Gasteiger partial charge >= 0.3 is 5.97 Å². The highest BCUT2D eigenvalue weighted by molar-refractivity contribution is 5.86. The molecule has 14 heavy (non-hydrogen) atoms. The van der Waals surface area contributed by atoms with Crippen LogP contribution in [0.4, 0.5) is 0 Å². The van der Waals surface area contributed by atoms with Gasteiger partial charge in [0.2, 0.25) is 0 Å². The fourth-order valence-corrected chi connectivity index (χ4v) is 1.15. The number of carbonyl (C=O) groups is 1. The van der Waals surface area contributed by atoms with E-state index in [4.69, 9.17) is 10.8 Å². The van der Waals surface area contributed by atoms with Crippen molar-refractivity contribution in [3.63, 3.8) is 0 Å². The van der Waals surface area contributed by atoms with Crippen LogP contribution in [0.1, 0.15) is 42.5 Å². The number of nitrogens with one attached hydrogen (secondary N) is 1. The lowest BCUT2D eigenvalue weighted by Crippen LogP contribution is -2.21. The van der Waals surface area contributed by atoms with E-state index in [0.29, 0.717) is 5.69 Å². The van der Waals surface area contributed by atoms with Crippen LogP contribution in [0.5, 0.6) is 0 Å². The zero-order valence-corrected chi connectivity index (χ0v) is 8.19. The molecular weight excluding hydrogens is 184 g/mol. The van der Waals surface area contributed by atoms with Gasteiger partial charge in [0.1, 0.15) is 5.69 Å². The normalized spacial score (nSPS) is 15.1. The van der Waals surface area contributed by atoms with Crippen molar-refractivity contribution in [1.29, 1.82) is 0 Å². The van der Waals surface area contributed by atoms with Crippen LogP contribution in [-0.2, 0) is 0 Å². The van der Waals surface area contributed by atoms with Crippen LogP contribution in [-0.4, -0.2) is 26.5 Å². The van der Waals surface area contributed by atoms with Gasteiger partial charge < -0.3 is 10.8 Å². The first-order valence-electron chi connectivity index (χ1n) is 4.47. The highest BCUT2D eigenvalue weighted by atomic mass is 16.4. The second-order valence-electron chi connectivity index (χ2n) is 3.27. The molecule has 0 spiro atoms. The van der Waals surface area contributed by atoms with Gasteiger partial charge in [-0.15, -0.1) is 5.10 Å². The Kier molecular flexibility index (Phi) is 3.19. The maximum absolute atomic E-state index is 10.7. The zero-order chi connectivity index (χ0) is 10.7. The third-order valence-electron chi connectivity index (χ3n) is 2.35. The third-order valence-corrected chi connectivity index (χ3v) is 2.35. The maximum Gasteiger partial charge on any atom is 0.358 e. The summed E-state index contributed by atoms with van der Waals surface area (Å²) < 4.78 is 0. The summed E-state index contributed by atoms with van der Waals surface area (Å²) in [5.74, 6) is -0.925. The highest BCUT2D eigenvalue weighted by Gasteiger charge is 2.23. The minimum atomic E-state index is -1.10. The molecule has 6 heteroatoms. The molecule has 0 bridgehead atoms. The van der Waals surface area contributed by atoms with Crippen molar-refractivity contribution in [1.82, 2.24) is 15.4 Å². The van der Waals surface area contributed by atoms with Gasteiger partial charge in [0.15, 0.2) is 5.69 Å². The monoisotopic (exact) mass is 198 g/mol. The van der Waals surface area contributed by atoms with Gasteiger partial charge in [-0.2, -0.15) is 10.3 Å². The quantitative estimate of drug-likeness (QED) is 0.655. The van der Waals surface area contributed by atoms with Crippen molar-refractivity contribution in [3.8, 4) is 0 Å². The molecular formula is C8H14N4O2. The molecule has 0 amide bonds. The number of hydrogen-bond acceptors (Lipinski definition) is 4. The van der Waals surface area contributed by atoms with Crippen LogP contribution in [0.3, 0.4) is 0 Å². The standard InChI is InChI=1S/C8H14N4O2/c1-3-4(2)5(9)6-7(8(13)14)11-12-10-6/h4-5H,3,9H2,1-2H3,(H,13,14)(H,10,11,12). The largest absolute Gasteiger partial charge is 0.476 e. The topological polar surface area (TPSA) is 105 Å². The molecule has 6 nitrogen and oxygen atoms in total. The Hall–Kier alpha value is -1.43. The number of aromatic carboxylic acids is 1. The molecule has 4 N–H and O–H groups in total. The van der Waals surface area contributed by atoms with Crippen molar-refractivity contribution in [2.45, 2.75) is 26.3 Å². The molecule has 0 aliphatic carbocycles. The molecule has 0 fully saturated rings. The van der Waals surface area contributed by atoms with Gasteiger partial charge in [-0.05, 0) is 5.92 Å². The van der Waals surface area contributed by atoms with Crippen LogP contribution < -0.4 is 5.73 Å².